The van der Waals surface area contributed by atoms with Gasteiger partial charge in [-0.05, 0) is 47.1 Å². The Kier molecular flexibility index (Phi) is 4.11. The lowest BCUT2D eigenvalue weighted by Gasteiger charge is -2.06. The molecular formula is C12H8BrClFN3O. The van der Waals surface area contributed by atoms with Crippen LogP contribution in [0.5, 0.6) is 0 Å². The topological polar surface area (TPSA) is 54.9 Å². The number of rotatable bonds is 2. The van der Waals surface area contributed by atoms with Gasteiger partial charge in [0.2, 0.25) is 5.95 Å². The number of aromatic nitrogens is 2. The Morgan fingerprint density at radius 2 is 2.11 bits per heavy atom. The molecule has 2 rings (SSSR count). The third-order valence-corrected chi connectivity index (χ3v) is 3.07. The number of amides is 1. The first-order chi connectivity index (χ1) is 8.95. The Balaban J connectivity index is 2.25. The van der Waals surface area contributed by atoms with Crippen molar-refractivity contribution in [2.24, 2.45) is 0 Å². The van der Waals surface area contributed by atoms with Gasteiger partial charge in [-0.1, -0.05) is 11.6 Å². The lowest BCUT2D eigenvalue weighted by molar-refractivity contribution is 0.102. The first-order valence-corrected chi connectivity index (χ1v) is 6.40. The van der Waals surface area contributed by atoms with E-state index in [1.54, 1.807) is 13.0 Å². The maximum Gasteiger partial charge on any atom is 0.259 e. The summed E-state index contributed by atoms with van der Waals surface area (Å²) < 4.78 is 13.3. The molecule has 0 bridgehead atoms. The first kappa shape index (κ1) is 13.9. The van der Waals surface area contributed by atoms with Crippen LogP contribution in [0.25, 0.3) is 0 Å². The molecule has 0 spiro atoms. The van der Waals surface area contributed by atoms with Crippen molar-refractivity contribution in [2.75, 3.05) is 5.32 Å². The standard InChI is InChI=1S/C12H8BrClFN3O/c1-6-4-10(14)17-12(16-6)18-11(19)8-3-2-7(15)5-9(8)13/h2-5H,1H3,(H,16,17,18,19). The van der Waals surface area contributed by atoms with Crippen molar-refractivity contribution in [1.29, 1.82) is 0 Å². The van der Waals surface area contributed by atoms with Crippen LogP contribution in [0.3, 0.4) is 0 Å². The third kappa shape index (κ3) is 3.48. The van der Waals surface area contributed by atoms with Crippen LogP contribution in [-0.4, -0.2) is 15.9 Å². The van der Waals surface area contributed by atoms with Gasteiger partial charge < -0.3 is 0 Å². The summed E-state index contributed by atoms with van der Waals surface area (Å²) in [6, 6.07) is 5.35. The van der Waals surface area contributed by atoms with Gasteiger partial charge in [0.25, 0.3) is 5.91 Å². The summed E-state index contributed by atoms with van der Waals surface area (Å²) >= 11 is 8.89. The van der Waals surface area contributed by atoms with Crippen molar-refractivity contribution >= 4 is 39.4 Å². The molecule has 1 N–H and O–H groups in total. The van der Waals surface area contributed by atoms with Gasteiger partial charge in [0.05, 0.1) is 5.56 Å². The Hall–Kier alpha value is -1.53. The highest BCUT2D eigenvalue weighted by Crippen LogP contribution is 2.19. The molecule has 0 saturated carbocycles. The molecule has 2 aromatic rings. The van der Waals surface area contributed by atoms with E-state index in [4.69, 9.17) is 11.6 Å². The Morgan fingerprint density at radius 1 is 1.37 bits per heavy atom. The van der Waals surface area contributed by atoms with Crippen molar-refractivity contribution < 1.29 is 9.18 Å². The molecule has 1 aromatic heterocycles. The fourth-order valence-corrected chi connectivity index (χ4v) is 2.20. The van der Waals surface area contributed by atoms with Crippen LogP contribution in [0, 0.1) is 12.7 Å². The molecule has 1 amide bonds. The average Bonchev–Trinajstić information content (AvgIpc) is 2.26. The summed E-state index contributed by atoms with van der Waals surface area (Å²) in [5.41, 5.74) is 0.913. The normalized spacial score (nSPS) is 10.3. The molecule has 0 atom stereocenters. The highest BCUT2D eigenvalue weighted by Gasteiger charge is 2.12. The van der Waals surface area contributed by atoms with Gasteiger partial charge in [0, 0.05) is 10.2 Å². The van der Waals surface area contributed by atoms with Gasteiger partial charge in [-0.25, -0.2) is 14.4 Å². The highest BCUT2D eigenvalue weighted by molar-refractivity contribution is 9.10. The van der Waals surface area contributed by atoms with Crippen molar-refractivity contribution in [2.45, 2.75) is 6.92 Å². The zero-order valence-electron chi connectivity index (χ0n) is 9.75. The van der Waals surface area contributed by atoms with Crippen LogP contribution >= 0.6 is 27.5 Å². The second-order valence-electron chi connectivity index (χ2n) is 3.73. The lowest BCUT2D eigenvalue weighted by Crippen LogP contribution is -2.15. The Labute approximate surface area is 122 Å². The zero-order valence-corrected chi connectivity index (χ0v) is 12.1. The number of aryl methyl sites for hydroxylation is 1. The molecule has 1 aromatic carbocycles. The van der Waals surface area contributed by atoms with Crippen LogP contribution in [0.1, 0.15) is 16.1 Å². The van der Waals surface area contributed by atoms with E-state index in [1.807, 2.05) is 0 Å². The summed E-state index contributed by atoms with van der Waals surface area (Å²) in [5.74, 6) is -0.780. The number of carbonyl (C=O) groups is 1. The van der Waals surface area contributed by atoms with E-state index < -0.39 is 11.7 Å². The molecular weight excluding hydrogens is 337 g/mol. The molecule has 0 saturated heterocycles. The quantitative estimate of drug-likeness (QED) is 0.847. The van der Waals surface area contributed by atoms with Crippen molar-refractivity contribution in [1.82, 2.24) is 9.97 Å². The van der Waals surface area contributed by atoms with Gasteiger partial charge in [0.15, 0.2) is 0 Å². The van der Waals surface area contributed by atoms with Gasteiger partial charge in [-0.3, -0.25) is 10.1 Å². The lowest BCUT2D eigenvalue weighted by atomic mass is 10.2. The number of nitrogens with zero attached hydrogens (tertiary/aromatic N) is 2. The van der Waals surface area contributed by atoms with E-state index >= 15 is 0 Å². The minimum Gasteiger partial charge on any atom is -0.290 e. The van der Waals surface area contributed by atoms with Gasteiger partial charge in [-0.2, -0.15) is 0 Å². The maximum absolute atomic E-state index is 12.9. The maximum atomic E-state index is 12.9. The number of hydrogen-bond donors (Lipinski definition) is 1. The largest absolute Gasteiger partial charge is 0.290 e. The summed E-state index contributed by atoms with van der Waals surface area (Å²) in [4.78, 5) is 19.9. The highest BCUT2D eigenvalue weighted by atomic mass is 79.9. The van der Waals surface area contributed by atoms with Crippen LogP contribution in [0.2, 0.25) is 5.15 Å². The van der Waals surface area contributed by atoms with Gasteiger partial charge >= 0.3 is 0 Å². The first-order valence-electron chi connectivity index (χ1n) is 5.23. The molecule has 0 aliphatic rings. The van der Waals surface area contributed by atoms with E-state index in [2.05, 4.69) is 31.2 Å². The average molecular weight is 345 g/mol. The molecule has 19 heavy (non-hydrogen) atoms. The molecule has 0 aliphatic carbocycles. The van der Waals surface area contributed by atoms with Crippen molar-refractivity contribution in [3.05, 3.63) is 51.0 Å². The smallest absolute Gasteiger partial charge is 0.259 e. The minimum absolute atomic E-state index is 0.103. The van der Waals surface area contributed by atoms with Crippen LogP contribution in [0.4, 0.5) is 10.3 Å². The van der Waals surface area contributed by atoms with E-state index in [0.717, 1.165) is 0 Å². The SMILES string of the molecule is Cc1cc(Cl)nc(NC(=O)c2ccc(F)cc2Br)n1. The van der Waals surface area contributed by atoms with Gasteiger partial charge in [-0.15, -0.1) is 0 Å². The number of benzene rings is 1. The zero-order chi connectivity index (χ0) is 14.0. The molecule has 7 heteroatoms. The van der Waals surface area contributed by atoms with E-state index in [9.17, 15) is 9.18 Å². The summed E-state index contributed by atoms with van der Waals surface area (Å²) in [7, 11) is 0. The molecule has 0 radical (unpaired) electrons. The molecule has 4 nitrogen and oxygen atoms in total. The Morgan fingerprint density at radius 3 is 2.74 bits per heavy atom. The predicted octanol–water partition coefficient (Wildman–Crippen LogP) is 3.59. The van der Waals surface area contributed by atoms with Gasteiger partial charge in [0.1, 0.15) is 11.0 Å². The minimum atomic E-state index is -0.450. The van der Waals surface area contributed by atoms with Crippen molar-refractivity contribution in [3.8, 4) is 0 Å². The van der Waals surface area contributed by atoms with E-state index in [-0.39, 0.29) is 16.7 Å². The second kappa shape index (κ2) is 5.63. The van der Waals surface area contributed by atoms with Crippen LogP contribution in [-0.2, 0) is 0 Å². The molecule has 98 valence electrons. The third-order valence-electron chi connectivity index (χ3n) is 2.22. The van der Waals surface area contributed by atoms with Crippen molar-refractivity contribution in [3.63, 3.8) is 0 Å². The van der Waals surface area contributed by atoms with Crippen LogP contribution < -0.4 is 5.32 Å². The second-order valence-corrected chi connectivity index (χ2v) is 4.98. The van der Waals surface area contributed by atoms with E-state index in [0.29, 0.717) is 10.2 Å². The number of nitrogens with one attached hydrogen (secondary N) is 1. The summed E-state index contributed by atoms with van der Waals surface area (Å²) in [6.07, 6.45) is 0. The number of carbonyl (C=O) groups excluding carboxylic acids is 1. The molecule has 0 unspecified atom stereocenters. The fourth-order valence-electron chi connectivity index (χ4n) is 1.43. The molecule has 0 aliphatic heterocycles. The fraction of sp³-hybridized carbons (Fsp3) is 0.0833. The monoisotopic (exact) mass is 343 g/mol. The number of halogens is 3. The number of anilines is 1. The van der Waals surface area contributed by atoms with Crippen LogP contribution in [0.15, 0.2) is 28.7 Å². The number of hydrogen-bond acceptors (Lipinski definition) is 3. The molecule has 1 heterocycles. The summed E-state index contributed by atoms with van der Waals surface area (Å²) in [5, 5.41) is 2.74. The Bertz CT molecular complexity index is 631. The molecule has 0 fully saturated rings. The van der Waals surface area contributed by atoms with E-state index in [1.165, 1.54) is 18.2 Å². The summed E-state index contributed by atoms with van der Waals surface area (Å²) in [6.45, 7) is 1.73. The predicted molar refractivity (Wildman–Crippen MR) is 73.8 cm³/mol.